The zero-order valence-corrected chi connectivity index (χ0v) is 11.5. The zero-order valence-electron chi connectivity index (χ0n) is 10.8. The molecule has 1 heterocycles. The molecule has 1 aromatic carbocycles. The highest BCUT2D eigenvalue weighted by molar-refractivity contribution is 6.32. The number of nitrogens with one attached hydrogen (secondary N) is 2. The Morgan fingerprint density at radius 2 is 2.10 bits per heavy atom. The van der Waals surface area contributed by atoms with Crippen LogP contribution in [0.3, 0.4) is 0 Å². The molecule has 2 aromatic rings. The van der Waals surface area contributed by atoms with E-state index in [0.717, 1.165) is 0 Å². The van der Waals surface area contributed by atoms with E-state index in [0.29, 0.717) is 17.1 Å². The third-order valence-electron chi connectivity index (χ3n) is 2.51. The highest BCUT2D eigenvalue weighted by Gasteiger charge is 2.20. The van der Waals surface area contributed by atoms with Crippen molar-refractivity contribution in [1.82, 2.24) is 20.6 Å². The smallest absolute Gasteiger partial charge is 0.269 e. The summed E-state index contributed by atoms with van der Waals surface area (Å²) in [5.74, 6) is 0.628. The topological polar surface area (TPSA) is 102 Å². The highest BCUT2D eigenvalue weighted by atomic mass is 35.5. The van der Waals surface area contributed by atoms with Gasteiger partial charge in [0.15, 0.2) is 11.5 Å². The minimum absolute atomic E-state index is 0.0566. The Morgan fingerprint density at radius 1 is 1.35 bits per heavy atom. The van der Waals surface area contributed by atoms with Gasteiger partial charge in [-0.2, -0.15) is 5.21 Å². The van der Waals surface area contributed by atoms with Gasteiger partial charge in [-0.05, 0) is 22.9 Å². The molecule has 1 atom stereocenters. The van der Waals surface area contributed by atoms with Gasteiger partial charge in [0, 0.05) is 0 Å². The molecular formula is C11H12ClN5O3. The Kier molecular flexibility index (Phi) is 4.36. The fraction of sp³-hybridized carbons (Fsp3) is 0.273. The maximum Gasteiger partial charge on any atom is 0.269 e. The minimum atomic E-state index is -0.923. The second kappa shape index (κ2) is 6.20. The molecule has 0 fully saturated rings. The molecule has 20 heavy (non-hydrogen) atoms. The average molecular weight is 298 g/mol. The number of alkyl halides is 1. The van der Waals surface area contributed by atoms with Crippen molar-refractivity contribution in [1.29, 1.82) is 0 Å². The van der Waals surface area contributed by atoms with Gasteiger partial charge in [0.05, 0.1) is 14.2 Å². The Bertz CT molecular complexity index is 590. The zero-order chi connectivity index (χ0) is 14.5. The monoisotopic (exact) mass is 297 g/mol. The number of ether oxygens (including phenoxy) is 2. The van der Waals surface area contributed by atoms with Gasteiger partial charge in [-0.3, -0.25) is 10.1 Å². The number of tetrazole rings is 1. The van der Waals surface area contributed by atoms with Crippen molar-refractivity contribution in [2.45, 2.75) is 5.38 Å². The van der Waals surface area contributed by atoms with Crippen molar-refractivity contribution in [3.8, 4) is 11.5 Å². The van der Waals surface area contributed by atoms with Crippen LogP contribution in [0, 0.1) is 0 Å². The lowest BCUT2D eigenvalue weighted by Crippen LogP contribution is -2.18. The highest BCUT2D eigenvalue weighted by Crippen LogP contribution is 2.32. The van der Waals surface area contributed by atoms with Crippen molar-refractivity contribution >= 4 is 23.5 Å². The van der Waals surface area contributed by atoms with Crippen LogP contribution in [0.25, 0.3) is 0 Å². The maximum absolute atomic E-state index is 11.9. The van der Waals surface area contributed by atoms with E-state index in [1.165, 1.54) is 14.2 Å². The quantitative estimate of drug-likeness (QED) is 0.802. The van der Waals surface area contributed by atoms with E-state index in [1.807, 2.05) is 0 Å². The fourth-order valence-electron chi connectivity index (χ4n) is 1.55. The summed E-state index contributed by atoms with van der Waals surface area (Å²) < 4.78 is 10.3. The first-order chi connectivity index (χ1) is 9.65. The molecule has 0 spiro atoms. The van der Waals surface area contributed by atoms with Crippen LogP contribution >= 0.6 is 11.6 Å². The first kappa shape index (κ1) is 14.1. The SMILES string of the molecule is COc1ccc(C(Cl)C(=O)Nc2nn[nH]n2)cc1OC. The molecule has 1 unspecified atom stereocenters. The number of hydrogen-bond donors (Lipinski definition) is 2. The lowest BCUT2D eigenvalue weighted by Gasteiger charge is -2.12. The molecular weight excluding hydrogens is 286 g/mol. The molecule has 0 saturated heterocycles. The minimum Gasteiger partial charge on any atom is -0.493 e. The fourth-order valence-corrected chi connectivity index (χ4v) is 1.74. The molecule has 2 rings (SSSR count). The van der Waals surface area contributed by atoms with Crippen molar-refractivity contribution in [3.63, 3.8) is 0 Å². The van der Waals surface area contributed by atoms with E-state index in [-0.39, 0.29) is 5.95 Å². The predicted molar refractivity (Wildman–Crippen MR) is 70.9 cm³/mol. The normalized spacial score (nSPS) is 11.8. The summed E-state index contributed by atoms with van der Waals surface area (Å²) in [5.41, 5.74) is 0.560. The second-order valence-electron chi connectivity index (χ2n) is 3.70. The molecule has 0 aliphatic rings. The molecule has 0 aliphatic heterocycles. The summed E-state index contributed by atoms with van der Waals surface area (Å²) in [5, 5.41) is 14.3. The Labute approximate surface area is 119 Å². The van der Waals surface area contributed by atoms with Gasteiger partial charge in [-0.15, -0.1) is 16.7 Å². The molecule has 1 aromatic heterocycles. The Morgan fingerprint density at radius 3 is 2.70 bits per heavy atom. The molecule has 0 aliphatic carbocycles. The number of rotatable bonds is 5. The summed E-state index contributed by atoms with van der Waals surface area (Å²) in [6, 6.07) is 4.98. The molecule has 0 saturated carbocycles. The van der Waals surface area contributed by atoms with E-state index in [2.05, 4.69) is 25.9 Å². The van der Waals surface area contributed by atoms with Gasteiger partial charge < -0.3 is 9.47 Å². The standard InChI is InChI=1S/C11H12ClN5O3/c1-19-7-4-3-6(5-8(7)20-2)9(12)10(18)13-11-14-16-17-15-11/h3-5,9H,1-2H3,(H2,13,14,15,16,17,18). The number of carbonyl (C=O) groups excluding carboxylic acids is 1. The number of halogens is 1. The summed E-state index contributed by atoms with van der Waals surface area (Å²) in [6.07, 6.45) is 0. The van der Waals surface area contributed by atoms with Crippen LogP contribution in [0.2, 0.25) is 0 Å². The van der Waals surface area contributed by atoms with Crippen LogP contribution in [0.5, 0.6) is 11.5 Å². The van der Waals surface area contributed by atoms with Crippen LogP contribution in [0.1, 0.15) is 10.9 Å². The summed E-state index contributed by atoms with van der Waals surface area (Å²) >= 11 is 6.10. The molecule has 2 N–H and O–H groups in total. The number of H-pyrrole nitrogens is 1. The summed E-state index contributed by atoms with van der Waals surface area (Å²) in [4.78, 5) is 11.9. The number of nitrogens with zero attached hydrogens (tertiary/aromatic N) is 3. The Hall–Kier alpha value is -2.35. The second-order valence-corrected chi connectivity index (χ2v) is 4.14. The molecule has 9 heteroatoms. The number of carbonyl (C=O) groups is 1. The lowest BCUT2D eigenvalue weighted by molar-refractivity contribution is -0.116. The van der Waals surface area contributed by atoms with Crippen LogP contribution in [-0.4, -0.2) is 40.8 Å². The summed E-state index contributed by atoms with van der Waals surface area (Å²) in [6.45, 7) is 0. The van der Waals surface area contributed by atoms with E-state index in [9.17, 15) is 4.79 Å². The van der Waals surface area contributed by atoms with E-state index < -0.39 is 11.3 Å². The van der Waals surface area contributed by atoms with Gasteiger partial charge in [-0.25, -0.2) is 0 Å². The van der Waals surface area contributed by atoms with Crippen molar-refractivity contribution in [2.24, 2.45) is 0 Å². The van der Waals surface area contributed by atoms with Gasteiger partial charge in [0.2, 0.25) is 5.91 Å². The van der Waals surface area contributed by atoms with Gasteiger partial charge in [0.25, 0.3) is 5.95 Å². The van der Waals surface area contributed by atoms with E-state index in [1.54, 1.807) is 18.2 Å². The predicted octanol–water partition coefficient (Wildman–Crippen LogP) is 1.14. The van der Waals surface area contributed by atoms with Crippen LogP contribution in [-0.2, 0) is 4.79 Å². The van der Waals surface area contributed by atoms with Crippen molar-refractivity contribution in [3.05, 3.63) is 23.8 Å². The number of amides is 1. The lowest BCUT2D eigenvalue weighted by atomic mass is 10.1. The average Bonchev–Trinajstić information content (AvgIpc) is 2.98. The van der Waals surface area contributed by atoms with Crippen LogP contribution in [0.4, 0.5) is 5.95 Å². The Balaban J connectivity index is 2.15. The van der Waals surface area contributed by atoms with Crippen molar-refractivity contribution in [2.75, 3.05) is 19.5 Å². The number of anilines is 1. The third-order valence-corrected chi connectivity index (χ3v) is 2.96. The number of benzene rings is 1. The number of methoxy groups -OCH3 is 2. The summed E-state index contributed by atoms with van der Waals surface area (Å²) in [7, 11) is 3.03. The maximum atomic E-state index is 11.9. The van der Waals surface area contributed by atoms with Gasteiger partial charge in [-0.1, -0.05) is 11.2 Å². The first-order valence-corrected chi connectivity index (χ1v) is 5.99. The number of hydrogen-bond acceptors (Lipinski definition) is 6. The first-order valence-electron chi connectivity index (χ1n) is 5.56. The van der Waals surface area contributed by atoms with Crippen molar-refractivity contribution < 1.29 is 14.3 Å². The molecule has 0 bridgehead atoms. The number of aromatic amines is 1. The largest absolute Gasteiger partial charge is 0.493 e. The molecule has 106 valence electrons. The molecule has 0 radical (unpaired) electrons. The number of aromatic nitrogens is 4. The van der Waals surface area contributed by atoms with Crippen LogP contribution in [0.15, 0.2) is 18.2 Å². The third kappa shape index (κ3) is 2.97. The van der Waals surface area contributed by atoms with E-state index in [4.69, 9.17) is 21.1 Å². The van der Waals surface area contributed by atoms with Gasteiger partial charge in [0.1, 0.15) is 5.38 Å². The molecule has 1 amide bonds. The van der Waals surface area contributed by atoms with E-state index >= 15 is 0 Å². The van der Waals surface area contributed by atoms with Gasteiger partial charge >= 0.3 is 0 Å². The molecule has 8 nitrogen and oxygen atoms in total. The van der Waals surface area contributed by atoms with Crippen LogP contribution < -0.4 is 14.8 Å².